The highest BCUT2D eigenvalue weighted by molar-refractivity contribution is 6.31. The number of hydrogen-bond donors (Lipinski definition) is 1. The number of amides is 1. The third kappa shape index (κ3) is 5.01. The lowest BCUT2D eigenvalue weighted by molar-refractivity contribution is 0.102. The first kappa shape index (κ1) is 21.3. The first-order chi connectivity index (χ1) is 15.5. The fourth-order valence-corrected chi connectivity index (χ4v) is 3.14. The van der Waals surface area contributed by atoms with E-state index in [0.717, 1.165) is 0 Å². The zero-order valence-corrected chi connectivity index (χ0v) is 17.4. The van der Waals surface area contributed by atoms with Gasteiger partial charge in [-0.2, -0.15) is 5.10 Å². The van der Waals surface area contributed by atoms with Crippen molar-refractivity contribution in [3.63, 3.8) is 0 Å². The van der Waals surface area contributed by atoms with E-state index in [4.69, 9.17) is 16.3 Å². The van der Waals surface area contributed by atoms with Crippen LogP contribution in [0.1, 0.15) is 26.4 Å². The Hall–Kier alpha value is -3.97. The summed E-state index contributed by atoms with van der Waals surface area (Å²) in [6.45, 7) is 0.0393. The Kier molecular flexibility index (Phi) is 6.28. The van der Waals surface area contributed by atoms with Crippen LogP contribution >= 0.6 is 11.6 Å². The summed E-state index contributed by atoms with van der Waals surface area (Å²) < 4.78 is 19.9. The van der Waals surface area contributed by atoms with Crippen LogP contribution in [0.4, 0.5) is 10.1 Å². The Morgan fingerprint density at radius 3 is 2.50 bits per heavy atom. The molecule has 0 fully saturated rings. The predicted octanol–water partition coefficient (Wildman–Crippen LogP) is 5.20. The van der Waals surface area contributed by atoms with E-state index >= 15 is 0 Å². The topological polar surface area (TPSA) is 73.2 Å². The summed E-state index contributed by atoms with van der Waals surface area (Å²) in [4.78, 5) is 25.6. The number of halogens is 2. The maximum Gasteiger partial charge on any atom is 0.276 e. The highest BCUT2D eigenvalue weighted by Crippen LogP contribution is 2.24. The van der Waals surface area contributed by atoms with Crippen LogP contribution in [0.2, 0.25) is 5.02 Å². The van der Waals surface area contributed by atoms with Crippen LogP contribution < -0.4 is 10.1 Å². The summed E-state index contributed by atoms with van der Waals surface area (Å²) in [6.07, 6.45) is 1.58. The first-order valence-electron chi connectivity index (χ1n) is 9.62. The maximum atomic E-state index is 13.0. The summed E-state index contributed by atoms with van der Waals surface area (Å²) in [5.74, 6) is -0.641. The van der Waals surface area contributed by atoms with Gasteiger partial charge in [0.05, 0.1) is 5.69 Å². The Balaban J connectivity index is 1.47. The van der Waals surface area contributed by atoms with Gasteiger partial charge in [0.2, 0.25) is 0 Å². The number of nitrogens with zero attached hydrogens (tertiary/aromatic N) is 2. The Labute approximate surface area is 188 Å². The zero-order valence-electron chi connectivity index (χ0n) is 16.7. The molecule has 4 rings (SSSR count). The molecule has 0 radical (unpaired) electrons. The number of benzene rings is 3. The number of rotatable bonds is 7. The lowest BCUT2D eigenvalue weighted by Gasteiger charge is -2.10. The first-order valence-corrected chi connectivity index (χ1v) is 10.00. The fourth-order valence-electron chi connectivity index (χ4n) is 2.97. The van der Waals surface area contributed by atoms with E-state index in [0.29, 0.717) is 22.0 Å². The average molecular weight is 450 g/mol. The van der Waals surface area contributed by atoms with Gasteiger partial charge in [0, 0.05) is 22.3 Å². The molecule has 8 heteroatoms. The molecule has 160 valence electrons. The van der Waals surface area contributed by atoms with E-state index in [1.54, 1.807) is 42.6 Å². The summed E-state index contributed by atoms with van der Waals surface area (Å²) in [7, 11) is 0. The third-order valence-corrected chi connectivity index (χ3v) is 4.80. The van der Waals surface area contributed by atoms with Crippen molar-refractivity contribution in [1.82, 2.24) is 9.78 Å². The van der Waals surface area contributed by atoms with E-state index in [9.17, 15) is 14.0 Å². The van der Waals surface area contributed by atoms with Gasteiger partial charge in [-0.3, -0.25) is 9.59 Å². The highest BCUT2D eigenvalue weighted by Gasteiger charge is 2.18. The van der Waals surface area contributed by atoms with Gasteiger partial charge in [0.15, 0.2) is 18.2 Å². The minimum Gasteiger partial charge on any atom is -0.471 e. The molecule has 3 aromatic carbocycles. The average Bonchev–Trinajstić information content (AvgIpc) is 3.29. The van der Waals surface area contributed by atoms with Gasteiger partial charge in [0.1, 0.15) is 11.6 Å². The molecule has 0 spiro atoms. The van der Waals surface area contributed by atoms with Gasteiger partial charge >= 0.3 is 0 Å². The molecule has 1 N–H and O–H groups in total. The Bertz CT molecular complexity index is 1260. The Morgan fingerprint density at radius 2 is 1.75 bits per heavy atom. The van der Waals surface area contributed by atoms with Gasteiger partial charge in [-0.15, -0.1) is 0 Å². The largest absolute Gasteiger partial charge is 0.471 e. The highest BCUT2D eigenvalue weighted by atomic mass is 35.5. The molecule has 0 aliphatic rings. The number of hydrogen-bond acceptors (Lipinski definition) is 4. The Morgan fingerprint density at radius 1 is 1.00 bits per heavy atom. The van der Waals surface area contributed by atoms with E-state index in [1.165, 1.54) is 41.1 Å². The molecular weight excluding hydrogens is 433 g/mol. The molecule has 0 atom stereocenters. The van der Waals surface area contributed by atoms with E-state index in [1.807, 2.05) is 6.07 Å². The van der Waals surface area contributed by atoms with Crippen LogP contribution in [-0.2, 0) is 6.73 Å². The smallest absolute Gasteiger partial charge is 0.276 e. The van der Waals surface area contributed by atoms with Crippen molar-refractivity contribution >= 4 is 29.0 Å². The second kappa shape index (κ2) is 9.45. The summed E-state index contributed by atoms with van der Waals surface area (Å²) >= 11 is 6.08. The van der Waals surface area contributed by atoms with Crippen molar-refractivity contribution in [1.29, 1.82) is 0 Å². The monoisotopic (exact) mass is 449 g/mol. The molecule has 1 amide bonds. The van der Waals surface area contributed by atoms with Crippen molar-refractivity contribution in [2.75, 3.05) is 5.32 Å². The SMILES string of the molecule is O=C(Nc1ccc(Cl)cc1C(=O)c1ccccc1)c1ccn(COc2ccc(F)cc2)n1. The van der Waals surface area contributed by atoms with Crippen LogP contribution in [0.5, 0.6) is 5.75 Å². The second-order valence-corrected chi connectivity index (χ2v) is 7.24. The molecule has 6 nitrogen and oxygen atoms in total. The number of carbonyl (C=O) groups excluding carboxylic acids is 2. The molecule has 0 saturated heterocycles. The molecular formula is C24H17ClFN3O3. The van der Waals surface area contributed by atoms with Crippen molar-refractivity contribution in [2.45, 2.75) is 6.73 Å². The fraction of sp³-hybridized carbons (Fsp3) is 0.0417. The third-order valence-electron chi connectivity index (χ3n) is 4.56. The summed E-state index contributed by atoms with van der Waals surface area (Å²) in [5.41, 5.74) is 1.22. The predicted molar refractivity (Wildman–Crippen MR) is 119 cm³/mol. The zero-order chi connectivity index (χ0) is 22.5. The number of nitrogens with one attached hydrogen (secondary N) is 1. The van der Waals surface area contributed by atoms with Crippen LogP contribution in [0.25, 0.3) is 0 Å². The molecule has 0 bridgehead atoms. The minimum atomic E-state index is -0.491. The molecule has 0 aliphatic carbocycles. The number of aromatic nitrogens is 2. The van der Waals surface area contributed by atoms with Gasteiger partial charge < -0.3 is 10.1 Å². The number of ketones is 1. The standard InChI is InChI=1S/C24H17ClFN3O3/c25-17-6-11-21(20(14-17)23(30)16-4-2-1-3-5-16)27-24(31)22-12-13-29(28-22)15-32-19-9-7-18(26)8-10-19/h1-14H,15H2,(H,27,31). The second-order valence-electron chi connectivity index (χ2n) is 6.81. The van der Waals surface area contributed by atoms with Gasteiger partial charge in [-0.25, -0.2) is 9.07 Å². The van der Waals surface area contributed by atoms with Gasteiger partial charge in [0.25, 0.3) is 5.91 Å². The molecule has 0 unspecified atom stereocenters. The lowest BCUT2D eigenvalue weighted by Crippen LogP contribution is -2.16. The molecule has 32 heavy (non-hydrogen) atoms. The molecule has 1 heterocycles. The van der Waals surface area contributed by atoms with Crippen LogP contribution in [0.3, 0.4) is 0 Å². The van der Waals surface area contributed by atoms with E-state index in [2.05, 4.69) is 10.4 Å². The van der Waals surface area contributed by atoms with E-state index < -0.39 is 5.91 Å². The molecule has 4 aromatic rings. The maximum absolute atomic E-state index is 13.0. The number of anilines is 1. The van der Waals surface area contributed by atoms with Gasteiger partial charge in [-0.05, 0) is 48.5 Å². The molecule has 0 aliphatic heterocycles. The summed E-state index contributed by atoms with van der Waals surface area (Å²) in [5, 5.41) is 7.28. The van der Waals surface area contributed by atoms with Crippen molar-refractivity contribution in [3.8, 4) is 5.75 Å². The quantitative estimate of drug-likeness (QED) is 0.394. The van der Waals surface area contributed by atoms with E-state index in [-0.39, 0.29) is 29.6 Å². The van der Waals surface area contributed by atoms with Crippen LogP contribution in [0.15, 0.2) is 85.1 Å². The lowest BCUT2D eigenvalue weighted by atomic mass is 10.0. The number of ether oxygens (including phenoxy) is 1. The normalized spacial score (nSPS) is 10.6. The number of carbonyl (C=O) groups is 2. The summed E-state index contributed by atoms with van der Waals surface area (Å²) in [6, 6.07) is 20.5. The van der Waals surface area contributed by atoms with Crippen molar-refractivity contribution in [3.05, 3.63) is 113 Å². The van der Waals surface area contributed by atoms with Crippen molar-refractivity contribution < 1.29 is 18.7 Å². The van der Waals surface area contributed by atoms with Gasteiger partial charge in [-0.1, -0.05) is 41.9 Å². The minimum absolute atomic E-state index is 0.0393. The molecule has 0 saturated carbocycles. The van der Waals surface area contributed by atoms with Crippen LogP contribution in [0, 0.1) is 5.82 Å². The molecule has 1 aromatic heterocycles. The van der Waals surface area contributed by atoms with Crippen molar-refractivity contribution in [2.24, 2.45) is 0 Å². The van der Waals surface area contributed by atoms with Crippen LogP contribution in [-0.4, -0.2) is 21.5 Å².